The number of nitrogens with two attached hydrogens (primary N) is 2. The summed E-state index contributed by atoms with van der Waals surface area (Å²) < 4.78 is 51.8. The minimum absolute atomic E-state index is 0.255. The van der Waals surface area contributed by atoms with Crippen LogP contribution in [-0.2, 0) is 9.84 Å². The van der Waals surface area contributed by atoms with Gasteiger partial charge in [0.2, 0.25) is 0 Å². The quantitative estimate of drug-likeness (QED) is 0.561. The Kier molecular flexibility index (Phi) is 7.04. The average molecular weight is 375 g/mol. The summed E-state index contributed by atoms with van der Waals surface area (Å²) in [5.41, 5.74) is 9.13. The second kappa shape index (κ2) is 8.37. The molecule has 0 aliphatic heterocycles. The molecule has 4 N–H and O–H groups in total. The zero-order valence-electron chi connectivity index (χ0n) is 14.4. The van der Waals surface area contributed by atoms with Crippen LogP contribution in [-0.4, -0.2) is 26.5 Å². The van der Waals surface area contributed by atoms with Crippen LogP contribution in [0.15, 0.2) is 22.0 Å². The molecular weight excluding hydrogens is 352 g/mol. The molecule has 1 atom stereocenters. The van der Waals surface area contributed by atoms with Crippen molar-refractivity contribution in [1.29, 1.82) is 0 Å². The fraction of sp³-hybridized carbons (Fsp3) is 0.500. The Labute approximate surface area is 146 Å². The molecule has 0 spiro atoms. The van der Waals surface area contributed by atoms with Crippen molar-refractivity contribution >= 4 is 21.7 Å². The number of benzene rings is 1. The van der Waals surface area contributed by atoms with E-state index in [1.807, 2.05) is 6.92 Å². The Morgan fingerprint density at radius 2 is 1.88 bits per heavy atom. The van der Waals surface area contributed by atoms with Gasteiger partial charge in [0.15, 0.2) is 15.8 Å². The van der Waals surface area contributed by atoms with Crippen molar-refractivity contribution in [2.24, 2.45) is 16.5 Å². The molecule has 1 aromatic rings. The molecule has 1 unspecified atom stereocenters. The molecular formula is C16H23F2N3O3S. The van der Waals surface area contributed by atoms with E-state index >= 15 is 0 Å². The first kappa shape index (κ1) is 21.0. The molecule has 1 aromatic carbocycles. The number of halogens is 2. The van der Waals surface area contributed by atoms with Gasteiger partial charge in [-0.1, -0.05) is 32.8 Å². The number of unbranched alkanes of at least 4 members (excludes halogenated alkanes) is 1. The number of hydrogen-bond donors (Lipinski definition) is 2. The topological polar surface area (TPSA) is 116 Å². The lowest BCUT2D eigenvalue weighted by Gasteiger charge is -2.20. The predicted octanol–water partition coefficient (Wildman–Crippen LogP) is 2.74. The van der Waals surface area contributed by atoms with Gasteiger partial charge in [-0.25, -0.2) is 17.2 Å². The van der Waals surface area contributed by atoms with E-state index < -0.39 is 44.2 Å². The van der Waals surface area contributed by atoms with Crippen LogP contribution in [0.3, 0.4) is 0 Å². The lowest BCUT2D eigenvalue weighted by Crippen LogP contribution is -2.24. The Hall–Kier alpha value is -2.03. The van der Waals surface area contributed by atoms with Gasteiger partial charge in [-0.05, 0) is 24.0 Å². The van der Waals surface area contributed by atoms with Crippen LogP contribution < -0.4 is 11.5 Å². The maximum Gasteiger partial charge on any atom is 0.280 e. The fourth-order valence-electron chi connectivity index (χ4n) is 2.66. The van der Waals surface area contributed by atoms with E-state index in [0.717, 1.165) is 25.2 Å². The van der Waals surface area contributed by atoms with E-state index in [4.69, 9.17) is 11.5 Å². The molecule has 0 fully saturated rings. The number of rotatable bonds is 7. The number of hydrogen-bond acceptors (Lipinski definition) is 3. The summed E-state index contributed by atoms with van der Waals surface area (Å²) in [5, 5.41) is 0. The number of sulfone groups is 1. The Bertz CT molecular complexity index is 773. The fourth-order valence-corrected chi connectivity index (χ4v) is 3.96. The first-order chi connectivity index (χ1) is 11.5. The summed E-state index contributed by atoms with van der Waals surface area (Å²) in [6.07, 6.45) is 0.0305. The summed E-state index contributed by atoms with van der Waals surface area (Å²) >= 11 is 0. The van der Waals surface area contributed by atoms with Crippen molar-refractivity contribution in [2.75, 3.05) is 6.26 Å². The van der Waals surface area contributed by atoms with E-state index in [1.165, 1.54) is 6.07 Å². The summed E-state index contributed by atoms with van der Waals surface area (Å²) in [6.45, 7) is 3.75. The first-order valence-corrected chi connectivity index (χ1v) is 9.68. The molecule has 0 saturated heterocycles. The van der Waals surface area contributed by atoms with E-state index in [2.05, 4.69) is 4.99 Å². The Balaban J connectivity index is 3.73. The molecule has 140 valence electrons. The van der Waals surface area contributed by atoms with Crippen molar-refractivity contribution in [2.45, 2.75) is 50.3 Å². The zero-order chi connectivity index (χ0) is 19.4. The lowest BCUT2D eigenvalue weighted by molar-refractivity contribution is 0.0986. The smallest absolute Gasteiger partial charge is 0.280 e. The number of carbonyl (C=O) groups excluding carboxylic acids is 1. The summed E-state index contributed by atoms with van der Waals surface area (Å²) in [6, 6.07) is 2.54. The lowest BCUT2D eigenvalue weighted by atomic mass is 9.92. The largest absolute Gasteiger partial charge is 0.370 e. The van der Waals surface area contributed by atoms with Gasteiger partial charge >= 0.3 is 0 Å². The number of nitrogens with zero attached hydrogens (tertiary/aromatic N) is 1. The molecule has 0 aromatic heterocycles. The SMILES string of the molecule is CCCCC(C)c1ccc(C(=O)N=C(N)N)c(C(F)F)c1S(C)(=O)=O. The van der Waals surface area contributed by atoms with Crippen LogP contribution in [0.25, 0.3) is 0 Å². The van der Waals surface area contributed by atoms with Crippen LogP contribution in [0, 0.1) is 0 Å². The minimum Gasteiger partial charge on any atom is -0.370 e. The second-order valence-electron chi connectivity index (χ2n) is 5.90. The Morgan fingerprint density at radius 1 is 1.28 bits per heavy atom. The maximum absolute atomic E-state index is 13.7. The first-order valence-electron chi connectivity index (χ1n) is 7.79. The molecule has 0 heterocycles. The zero-order valence-corrected chi connectivity index (χ0v) is 15.2. The number of carbonyl (C=O) groups is 1. The molecule has 6 nitrogen and oxygen atoms in total. The third-order valence-corrected chi connectivity index (χ3v) is 5.00. The van der Waals surface area contributed by atoms with E-state index in [-0.39, 0.29) is 11.5 Å². The number of aliphatic imine (C=N–C) groups is 1. The number of guanidine groups is 1. The Morgan fingerprint density at radius 3 is 2.32 bits per heavy atom. The normalized spacial score (nSPS) is 12.9. The summed E-state index contributed by atoms with van der Waals surface area (Å²) in [4.78, 5) is 14.8. The van der Waals surface area contributed by atoms with Gasteiger partial charge in [-0.2, -0.15) is 4.99 Å². The molecule has 1 amide bonds. The van der Waals surface area contributed by atoms with Crippen molar-refractivity contribution in [3.05, 3.63) is 28.8 Å². The third kappa shape index (κ3) is 5.22. The van der Waals surface area contributed by atoms with Crippen LogP contribution >= 0.6 is 0 Å². The van der Waals surface area contributed by atoms with Crippen LogP contribution in [0.5, 0.6) is 0 Å². The molecule has 9 heteroatoms. The monoisotopic (exact) mass is 375 g/mol. The van der Waals surface area contributed by atoms with Crippen molar-refractivity contribution in [3.8, 4) is 0 Å². The molecule has 1 rings (SSSR count). The average Bonchev–Trinajstić information content (AvgIpc) is 2.49. The molecule has 0 aliphatic rings. The van der Waals surface area contributed by atoms with Crippen molar-refractivity contribution in [1.82, 2.24) is 0 Å². The van der Waals surface area contributed by atoms with Crippen LogP contribution in [0.2, 0.25) is 0 Å². The third-order valence-electron chi connectivity index (χ3n) is 3.80. The van der Waals surface area contributed by atoms with Gasteiger partial charge in [0.05, 0.1) is 10.5 Å². The van der Waals surface area contributed by atoms with Gasteiger partial charge in [-0.3, -0.25) is 4.79 Å². The summed E-state index contributed by atoms with van der Waals surface area (Å²) in [5.74, 6) is -1.95. The highest BCUT2D eigenvalue weighted by atomic mass is 32.2. The standard InChI is InChI=1S/C16H23F2N3O3S/c1-4-5-6-9(2)10-7-8-11(15(22)21-16(19)20)12(14(17)18)13(10)25(3,23)24/h7-9,14H,4-6H2,1-3H3,(H4,19,20,21,22). The van der Waals surface area contributed by atoms with E-state index in [1.54, 1.807) is 6.92 Å². The van der Waals surface area contributed by atoms with Gasteiger partial charge in [0.25, 0.3) is 12.3 Å². The molecule has 0 bridgehead atoms. The highest BCUT2D eigenvalue weighted by Crippen LogP contribution is 2.37. The van der Waals surface area contributed by atoms with Gasteiger partial charge in [0.1, 0.15) is 0 Å². The van der Waals surface area contributed by atoms with Crippen LogP contribution in [0.1, 0.15) is 66.9 Å². The van der Waals surface area contributed by atoms with Crippen molar-refractivity contribution < 1.29 is 22.0 Å². The van der Waals surface area contributed by atoms with Gasteiger partial charge < -0.3 is 11.5 Å². The van der Waals surface area contributed by atoms with E-state index in [9.17, 15) is 22.0 Å². The summed E-state index contributed by atoms with van der Waals surface area (Å²) in [7, 11) is -4.01. The number of amides is 1. The molecule has 0 radical (unpaired) electrons. The molecule has 0 aliphatic carbocycles. The van der Waals surface area contributed by atoms with Gasteiger partial charge in [0, 0.05) is 11.8 Å². The predicted molar refractivity (Wildman–Crippen MR) is 92.6 cm³/mol. The maximum atomic E-state index is 13.7. The number of alkyl halides is 2. The highest BCUT2D eigenvalue weighted by Gasteiger charge is 2.31. The minimum atomic E-state index is -4.01. The van der Waals surface area contributed by atoms with Crippen LogP contribution in [0.4, 0.5) is 8.78 Å². The van der Waals surface area contributed by atoms with Gasteiger partial charge in [-0.15, -0.1) is 0 Å². The highest BCUT2D eigenvalue weighted by molar-refractivity contribution is 7.90. The second-order valence-corrected chi connectivity index (χ2v) is 7.86. The molecule has 25 heavy (non-hydrogen) atoms. The van der Waals surface area contributed by atoms with E-state index in [0.29, 0.717) is 6.42 Å². The molecule has 0 saturated carbocycles. The van der Waals surface area contributed by atoms with Crippen molar-refractivity contribution in [3.63, 3.8) is 0 Å².